The van der Waals surface area contributed by atoms with Crippen LogP contribution in [0.2, 0.25) is 0 Å². The van der Waals surface area contributed by atoms with Crippen LogP contribution in [0, 0.1) is 11.3 Å². The molecule has 0 spiro atoms. The number of hydrogen-bond acceptors (Lipinski definition) is 12. The number of unbranched alkanes of at least 4 members (excludes halogenated alkanes) is 26. The Morgan fingerprint density at radius 3 is 1.73 bits per heavy atom. The van der Waals surface area contributed by atoms with E-state index >= 15 is 0 Å². The van der Waals surface area contributed by atoms with Crippen molar-refractivity contribution >= 4 is 31.8 Å². The van der Waals surface area contributed by atoms with Gasteiger partial charge in [-0.2, -0.15) is 10.3 Å². The van der Waals surface area contributed by atoms with Gasteiger partial charge in [0, 0.05) is 39.3 Å². The second kappa shape index (κ2) is 35.7. The summed E-state index contributed by atoms with van der Waals surface area (Å²) < 4.78 is 31.7. The van der Waals surface area contributed by atoms with Crippen molar-refractivity contribution in [2.45, 2.75) is 264 Å². The Bertz CT molecular complexity index is 1670. The van der Waals surface area contributed by atoms with Crippen molar-refractivity contribution in [2.75, 3.05) is 47.0 Å². The van der Waals surface area contributed by atoms with Crippen LogP contribution in [0.3, 0.4) is 0 Å². The lowest BCUT2D eigenvalue weighted by molar-refractivity contribution is -0.243. The van der Waals surface area contributed by atoms with Gasteiger partial charge in [-0.05, 0) is 40.5 Å². The van der Waals surface area contributed by atoms with Gasteiger partial charge in [0.05, 0.1) is 38.4 Å². The molecule has 0 saturated carbocycles. The summed E-state index contributed by atoms with van der Waals surface area (Å²) in [6, 6.07) is 2.52. The van der Waals surface area contributed by atoms with E-state index in [4.69, 9.17) is 28.3 Å². The van der Waals surface area contributed by atoms with E-state index in [1.54, 1.807) is 12.7 Å². The highest BCUT2D eigenvalue weighted by atomic mass is 31.2. The first-order valence-corrected chi connectivity index (χ1v) is 29.6. The van der Waals surface area contributed by atoms with Crippen molar-refractivity contribution in [3.63, 3.8) is 0 Å². The standard InChI is InChI=1S/C55H100N9O5P/c1-9-11-13-15-17-19-21-23-25-27-29-31-33-35-39-62(40-36-34-32-30-28-26-24-22-20-18-16-14-12-10-2)66-43-55-42-65-50(51(55)69-70(67-41-37-38-56)64(47(3)4)48(5)6)54(68-55)63-46-59-49-52(60-45-61(7)8)57-44-58-53(49)63/h44-48,50-51,54H,9-37,39-43H2,1-8H3/t50?,51?,54-,55-,70?/m1/s1. The van der Waals surface area contributed by atoms with E-state index in [-0.39, 0.29) is 31.7 Å². The molecule has 70 heavy (non-hydrogen) atoms. The number of ether oxygens (including phenoxy) is 2. The Hall–Kier alpha value is -2.34. The molecule has 5 atom stereocenters. The molecule has 4 heterocycles. The SMILES string of the molecule is CCCCCCCCCCCCCCCCN(CCCCCCCCCCCCCCCC)OC[C@]12COC(C1OP(OCCC#N)N(C(C)C)C(C)C)[C@H](n1cnc3c(N=CN(C)C)ncnc31)O2. The molecule has 15 heteroatoms. The van der Waals surface area contributed by atoms with E-state index in [0.717, 1.165) is 25.9 Å². The fourth-order valence-corrected chi connectivity index (χ4v) is 11.8. The molecule has 0 amide bonds. The van der Waals surface area contributed by atoms with Crippen LogP contribution in [0.1, 0.15) is 234 Å². The third-order valence-electron chi connectivity index (χ3n) is 13.9. The maximum Gasteiger partial charge on any atom is 0.259 e. The summed E-state index contributed by atoms with van der Waals surface area (Å²) in [5.74, 6) is 0.480. The van der Waals surface area contributed by atoms with E-state index in [0.29, 0.717) is 23.6 Å². The highest BCUT2D eigenvalue weighted by molar-refractivity contribution is 7.44. The second-order valence-electron chi connectivity index (χ2n) is 21.0. The van der Waals surface area contributed by atoms with Crippen molar-refractivity contribution in [3.8, 4) is 6.07 Å². The number of hydroxylamine groups is 2. The molecule has 14 nitrogen and oxygen atoms in total. The summed E-state index contributed by atoms with van der Waals surface area (Å²) in [5, 5.41) is 11.7. The van der Waals surface area contributed by atoms with Gasteiger partial charge in [-0.15, -0.1) is 0 Å². The van der Waals surface area contributed by atoms with Crippen LogP contribution in [-0.2, 0) is 23.4 Å². The van der Waals surface area contributed by atoms with Crippen molar-refractivity contribution in [3.05, 3.63) is 12.7 Å². The molecular formula is C55H100N9O5P. The smallest absolute Gasteiger partial charge is 0.259 e. The fourth-order valence-electron chi connectivity index (χ4n) is 9.96. The molecular weight excluding hydrogens is 898 g/mol. The molecule has 0 radical (unpaired) electrons. The zero-order chi connectivity index (χ0) is 50.2. The van der Waals surface area contributed by atoms with Crippen molar-refractivity contribution < 1.29 is 23.4 Å². The lowest BCUT2D eigenvalue weighted by Crippen LogP contribution is -2.48. The average Bonchev–Trinajstić information content (AvgIpc) is 4.02. The summed E-state index contributed by atoms with van der Waals surface area (Å²) in [7, 11) is 2.24. The van der Waals surface area contributed by atoms with E-state index < -0.39 is 32.6 Å². The molecule has 2 aromatic heterocycles. The Labute approximate surface area is 427 Å². The zero-order valence-corrected chi connectivity index (χ0v) is 46.6. The third-order valence-corrected chi connectivity index (χ3v) is 16.0. The predicted molar refractivity (Wildman–Crippen MR) is 288 cm³/mol. The molecule has 2 aliphatic rings. The van der Waals surface area contributed by atoms with Gasteiger partial charge in [-0.1, -0.05) is 181 Å². The molecule has 400 valence electrons. The topological polar surface area (TPSA) is 136 Å². The number of nitriles is 1. The van der Waals surface area contributed by atoms with Gasteiger partial charge in [0.15, 0.2) is 23.2 Å². The summed E-state index contributed by atoms with van der Waals surface area (Å²) in [5.41, 5.74) is 0.246. The van der Waals surface area contributed by atoms with Gasteiger partial charge in [0.1, 0.15) is 30.7 Å². The molecule has 0 aromatic carbocycles. The average molecular weight is 998 g/mol. The monoisotopic (exact) mass is 998 g/mol. The molecule has 2 fully saturated rings. The summed E-state index contributed by atoms with van der Waals surface area (Å²) in [6.45, 7) is 15.8. The van der Waals surface area contributed by atoms with E-state index in [1.165, 1.54) is 173 Å². The van der Waals surface area contributed by atoms with E-state index in [9.17, 15) is 5.26 Å². The quantitative estimate of drug-likeness (QED) is 0.0205. The van der Waals surface area contributed by atoms with Crippen LogP contribution >= 0.6 is 8.53 Å². The molecule has 3 unspecified atom stereocenters. The predicted octanol–water partition coefficient (Wildman–Crippen LogP) is 14.6. The van der Waals surface area contributed by atoms with Crippen LogP contribution < -0.4 is 0 Å². The molecule has 2 saturated heterocycles. The zero-order valence-electron chi connectivity index (χ0n) is 45.7. The summed E-state index contributed by atoms with van der Waals surface area (Å²) in [4.78, 5) is 27.2. The second-order valence-corrected chi connectivity index (χ2v) is 22.5. The van der Waals surface area contributed by atoms with Crippen LogP contribution in [0.5, 0.6) is 0 Å². The first-order chi connectivity index (χ1) is 34.2. The van der Waals surface area contributed by atoms with Crippen LogP contribution in [-0.4, -0.2) is 117 Å². The Morgan fingerprint density at radius 1 is 0.757 bits per heavy atom. The number of imidazole rings is 1. The molecule has 0 N–H and O–H groups in total. The van der Waals surface area contributed by atoms with Crippen LogP contribution in [0.4, 0.5) is 5.82 Å². The Kier molecular flexibility index (Phi) is 30.8. The molecule has 0 aliphatic carbocycles. The van der Waals surface area contributed by atoms with Gasteiger partial charge in [-0.3, -0.25) is 9.40 Å². The number of fused-ring (bicyclic) bond motifs is 3. The van der Waals surface area contributed by atoms with Crippen molar-refractivity contribution in [1.82, 2.24) is 34.2 Å². The van der Waals surface area contributed by atoms with Gasteiger partial charge < -0.3 is 23.4 Å². The maximum absolute atomic E-state index is 9.47. The van der Waals surface area contributed by atoms with Gasteiger partial charge >= 0.3 is 0 Å². The minimum atomic E-state index is -1.60. The van der Waals surface area contributed by atoms with Crippen LogP contribution in [0.25, 0.3) is 11.2 Å². The number of hydrogen-bond donors (Lipinski definition) is 0. The largest absolute Gasteiger partial charge is 0.369 e. The highest BCUT2D eigenvalue weighted by Gasteiger charge is 2.65. The number of aromatic nitrogens is 4. The van der Waals surface area contributed by atoms with Crippen LogP contribution in [0.15, 0.2) is 17.6 Å². The molecule has 2 aliphatic heterocycles. The first-order valence-electron chi connectivity index (χ1n) is 28.5. The van der Waals surface area contributed by atoms with Crippen molar-refractivity contribution in [1.29, 1.82) is 5.26 Å². The Morgan fingerprint density at radius 2 is 1.26 bits per heavy atom. The molecule has 4 rings (SSSR count). The van der Waals surface area contributed by atoms with E-state index in [2.05, 4.69) is 72.3 Å². The number of nitrogens with zero attached hydrogens (tertiary/aromatic N) is 9. The van der Waals surface area contributed by atoms with Gasteiger partial charge in [-0.25, -0.2) is 24.6 Å². The van der Waals surface area contributed by atoms with Crippen molar-refractivity contribution in [2.24, 2.45) is 4.99 Å². The maximum atomic E-state index is 9.47. The summed E-state index contributed by atoms with van der Waals surface area (Å²) in [6.07, 6.45) is 41.0. The lowest BCUT2D eigenvalue weighted by Gasteiger charge is -2.38. The first kappa shape index (κ1) is 60.2. The minimum Gasteiger partial charge on any atom is -0.369 e. The van der Waals surface area contributed by atoms with Gasteiger partial charge in [0.2, 0.25) is 0 Å². The lowest BCUT2D eigenvalue weighted by atomic mass is 10.0. The summed E-state index contributed by atoms with van der Waals surface area (Å²) >= 11 is 0. The molecule has 2 bridgehead atoms. The Balaban J connectivity index is 1.43. The third kappa shape index (κ3) is 21.2. The van der Waals surface area contributed by atoms with E-state index in [1.807, 2.05) is 23.6 Å². The highest BCUT2D eigenvalue weighted by Crippen LogP contribution is 2.55. The number of aliphatic imine (C=N–C) groups is 1. The normalized spacial score (nSPS) is 19.6. The number of rotatable bonds is 44. The molecule has 2 aromatic rings. The van der Waals surface area contributed by atoms with Gasteiger partial charge in [0.25, 0.3) is 8.53 Å². The fraction of sp³-hybridized carbons (Fsp3) is 0.873. The minimum absolute atomic E-state index is 0.137.